The molecule has 0 spiro atoms. The molecule has 1 aromatic rings. The second-order valence-corrected chi connectivity index (χ2v) is 7.20. The molecular formula is C12H19BrS. The van der Waals surface area contributed by atoms with Crippen molar-refractivity contribution >= 4 is 27.3 Å². The van der Waals surface area contributed by atoms with E-state index in [1.165, 1.54) is 15.3 Å². The van der Waals surface area contributed by atoms with Gasteiger partial charge in [-0.2, -0.15) is 0 Å². The van der Waals surface area contributed by atoms with Gasteiger partial charge in [-0.05, 0) is 37.8 Å². The standard InChI is InChI=1S/C12H19BrS/c1-6-12(5,13)11-9(4)7-10(14-11)8(2)3/h7-8H,6H2,1-5H3. The third-order valence-electron chi connectivity index (χ3n) is 2.64. The summed E-state index contributed by atoms with van der Waals surface area (Å²) in [6, 6.07) is 2.33. The van der Waals surface area contributed by atoms with E-state index in [4.69, 9.17) is 0 Å². The lowest BCUT2D eigenvalue weighted by Gasteiger charge is -2.19. The van der Waals surface area contributed by atoms with Gasteiger partial charge >= 0.3 is 0 Å². The molecule has 1 rings (SSSR count). The average molecular weight is 275 g/mol. The lowest BCUT2D eigenvalue weighted by atomic mass is 10.0. The van der Waals surface area contributed by atoms with Crippen LogP contribution in [0, 0.1) is 6.92 Å². The van der Waals surface area contributed by atoms with Crippen LogP contribution in [0.15, 0.2) is 6.07 Å². The molecular weight excluding hydrogens is 256 g/mol. The summed E-state index contributed by atoms with van der Waals surface area (Å²) < 4.78 is 0.162. The van der Waals surface area contributed by atoms with E-state index in [9.17, 15) is 0 Å². The van der Waals surface area contributed by atoms with Gasteiger partial charge in [0.25, 0.3) is 0 Å². The van der Waals surface area contributed by atoms with Gasteiger partial charge in [0.15, 0.2) is 0 Å². The van der Waals surface area contributed by atoms with Crippen molar-refractivity contribution in [2.24, 2.45) is 0 Å². The Hall–Kier alpha value is 0.180. The lowest BCUT2D eigenvalue weighted by Crippen LogP contribution is -2.09. The zero-order valence-electron chi connectivity index (χ0n) is 9.65. The van der Waals surface area contributed by atoms with E-state index in [1.807, 2.05) is 11.3 Å². The number of hydrogen-bond acceptors (Lipinski definition) is 1. The lowest BCUT2D eigenvalue weighted by molar-refractivity contribution is 0.691. The Morgan fingerprint density at radius 1 is 1.50 bits per heavy atom. The first-order valence-corrected chi connectivity index (χ1v) is 6.79. The molecule has 0 N–H and O–H groups in total. The highest BCUT2D eigenvalue weighted by atomic mass is 79.9. The number of alkyl halides is 1. The van der Waals surface area contributed by atoms with Crippen LogP contribution in [0.5, 0.6) is 0 Å². The van der Waals surface area contributed by atoms with E-state index in [1.54, 1.807) is 0 Å². The van der Waals surface area contributed by atoms with Gasteiger partial charge in [-0.1, -0.05) is 36.7 Å². The van der Waals surface area contributed by atoms with Crippen molar-refractivity contribution < 1.29 is 0 Å². The fourth-order valence-electron chi connectivity index (χ4n) is 1.47. The summed E-state index contributed by atoms with van der Waals surface area (Å²) in [6.45, 7) is 11.2. The molecule has 0 aliphatic carbocycles. The van der Waals surface area contributed by atoms with Crippen LogP contribution in [0.25, 0.3) is 0 Å². The van der Waals surface area contributed by atoms with Gasteiger partial charge in [0.05, 0.1) is 4.32 Å². The van der Waals surface area contributed by atoms with Gasteiger partial charge in [-0.3, -0.25) is 0 Å². The molecule has 1 atom stereocenters. The van der Waals surface area contributed by atoms with Crippen LogP contribution in [0.1, 0.15) is 55.4 Å². The Balaban J connectivity index is 3.10. The van der Waals surface area contributed by atoms with Crippen LogP contribution < -0.4 is 0 Å². The number of halogens is 1. The Morgan fingerprint density at radius 3 is 2.43 bits per heavy atom. The third kappa shape index (κ3) is 2.40. The summed E-state index contributed by atoms with van der Waals surface area (Å²) in [6.07, 6.45) is 1.13. The van der Waals surface area contributed by atoms with Crippen LogP contribution in [-0.4, -0.2) is 0 Å². The first-order valence-electron chi connectivity index (χ1n) is 5.18. The molecule has 1 unspecified atom stereocenters. The second-order valence-electron chi connectivity index (χ2n) is 4.37. The predicted octanol–water partition coefficient (Wildman–Crippen LogP) is 5.20. The van der Waals surface area contributed by atoms with Crippen LogP contribution in [0.3, 0.4) is 0 Å². The molecule has 14 heavy (non-hydrogen) atoms. The Labute approximate surface area is 99.9 Å². The zero-order chi connectivity index (χ0) is 10.9. The van der Waals surface area contributed by atoms with Gasteiger partial charge in [0.2, 0.25) is 0 Å². The van der Waals surface area contributed by atoms with Crippen molar-refractivity contribution in [3.63, 3.8) is 0 Å². The van der Waals surface area contributed by atoms with Crippen LogP contribution in [0.4, 0.5) is 0 Å². The summed E-state index contributed by atoms with van der Waals surface area (Å²) in [4.78, 5) is 2.99. The van der Waals surface area contributed by atoms with E-state index < -0.39 is 0 Å². The molecule has 0 amide bonds. The second kappa shape index (κ2) is 4.36. The van der Waals surface area contributed by atoms with Crippen molar-refractivity contribution in [1.29, 1.82) is 0 Å². The molecule has 2 heteroatoms. The molecule has 1 heterocycles. The zero-order valence-corrected chi connectivity index (χ0v) is 12.1. The normalized spacial score (nSPS) is 15.9. The SMILES string of the molecule is CCC(C)(Br)c1sc(C(C)C)cc1C. The molecule has 0 radical (unpaired) electrons. The highest BCUT2D eigenvalue weighted by molar-refractivity contribution is 9.09. The maximum Gasteiger partial charge on any atom is 0.0571 e. The van der Waals surface area contributed by atoms with Crippen LogP contribution >= 0.6 is 27.3 Å². The van der Waals surface area contributed by atoms with Crippen molar-refractivity contribution in [1.82, 2.24) is 0 Å². The fraction of sp³-hybridized carbons (Fsp3) is 0.667. The molecule has 0 aliphatic rings. The number of aryl methyl sites for hydroxylation is 1. The van der Waals surface area contributed by atoms with E-state index in [-0.39, 0.29) is 4.32 Å². The van der Waals surface area contributed by atoms with Gasteiger partial charge in [-0.15, -0.1) is 11.3 Å². The third-order valence-corrected chi connectivity index (χ3v) is 5.66. The molecule has 0 saturated carbocycles. The monoisotopic (exact) mass is 274 g/mol. The maximum atomic E-state index is 3.81. The summed E-state index contributed by atoms with van der Waals surface area (Å²) in [7, 11) is 0. The highest BCUT2D eigenvalue weighted by Crippen LogP contribution is 2.42. The van der Waals surface area contributed by atoms with E-state index in [2.05, 4.69) is 56.6 Å². The minimum Gasteiger partial charge on any atom is -0.143 e. The molecule has 0 bridgehead atoms. The topological polar surface area (TPSA) is 0 Å². The first-order chi connectivity index (χ1) is 6.38. The quantitative estimate of drug-likeness (QED) is 0.665. The summed E-state index contributed by atoms with van der Waals surface area (Å²) >= 11 is 5.77. The fourth-order valence-corrected chi connectivity index (χ4v) is 3.31. The van der Waals surface area contributed by atoms with E-state index >= 15 is 0 Å². The predicted molar refractivity (Wildman–Crippen MR) is 69.7 cm³/mol. The van der Waals surface area contributed by atoms with Crippen molar-refractivity contribution in [2.45, 2.75) is 51.3 Å². The molecule has 0 nitrogen and oxygen atoms in total. The Morgan fingerprint density at radius 2 is 2.07 bits per heavy atom. The maximum absolute atomic E-state index is 3.81. The number of hydrogen-bond donors (Lipinski definition) is 0. The molecule has 0 saturated heterocycles. The molecule has 1 aromatic heterocycles. The molecule has 0 fully saturated rings. The number of rotatable bonds is 3. The summed E-state index contributed by atoms with van der Waals surface area (Å²) in [5.41, 5.74) is 1.43. The van der Waals surface area contributed by atoms with E-state index in [0.717, 1.165) is 6.42 Å². The van der Waals surface area contributed by atoms with Gasteiger partial charge in [-0.25, -0.2) is 0 Å². The van der Waals surface area contributed by atoms with Gasteiger partial charge < -0.3 is 0 Å². The number of thiophene rings is 1. The summed E-state index contributed by atoms with van der Waals surface area (Å²) in [5, 5.41) is 0. The van der Waals surface area contributed by atoms with Crippen molar-refractivity contribution in [3.8, 4) is 0 Å². The first kappa shape index (κ1) is 12.3. The smallest absolute Gasteiger partial charge is 0.0571 e. The largest absolute Gasteiger partial charge is 0.143 e. The van der Waals surface area contributed by atoms with Crippen molar-refractivity contribution in [3.05, 3.63) is 21.4 Å². The minimum absolute atomic E-state index is 0.162. The molecule has 0 aliphatic heterocycles. The summed E-state index contributed by atoms with van der Waals surface area (Å²) in [5.74, 6) is 0.646. The van der Waals surface area contributed by atoms with Crippen molar-refractivity contribution in [2.75, 3.05) is 0 Å². The van der Waals surface area contributed by atoms with Crippen LogP contribution in [-0.2, 0) is 4.32 Å². The Bertz CT molecular complexity index is 310. The van der Waals surface area contributed by atoms with E-state index in [0.29, 0.717) is 5.92 Å². The van der Waals surface area contributed by atoms with Gasteiger partial charge in [0, 0.05) is 9.75 Å². The molecule has 0 aromatic carbocycles. The Kier molecular flexibility index (Phi) is 3.81. The minimum atomic E-state index is 0.162. The van der Waals surface area contributed by atoms with Crippen LogP contribution in [0.2, 0.25) is 0 Å². The highest BCUT2D eigenvalue weighted by Gasteiger charge is 2.25. The van der Waals surface area contributed by atoms with Gasteiger partial charge in [0.1, 0.15) is 0 Å². The molecule has 80 valence electrons. The average Bonchev–Trinajstić information content (AvgIpc) is 2.48.